The van der Waals surface area contributed by atoms with Crippen molar-refractivity contribution < 1.29 is 9.90 Å². The Hall–Kier alpha value is -1.36. The van der Waals surface area contributed by atoms with Gasteiger partial charge in [0.25, 0.3) is 0 Å². The molecule has 76 valence electrons. The molecule has 1 aromatic rings. The third kappa shape index (κ3) is 1.50. The first-order chi connectivity index (χ1) is 6.63. The summed E-state index contributed by atoms with van der Waals surface area (Å²) in [6.45, 7) is 0.250. The van der Waals surface area contributed by atoms with E-state index in [1.165, 1.54) is 0 Å². The first-order valence-corrected chi connectivity index (χ1v) is 4.62. The number of aromatic nitrogens is 2. The summed E-state index contributed by atoms with van der Waals surface area (Å²) in [5, 5.41) is 13.0. The van der Waals surface area contributed by atoms with Crippen LogP contribution in [0.15, 0.2) is 18.5 Å². The highest BCUT2D eigenvalue weighted by molar-refractivity contribution is 5.79. The summed E-state index contributed by atoms with van der Waals surface area (Å²) in [5.41, 5.74) is 4.73. The van der Waals surface area contributed by atoms with E-state index in [4.69, 9.17) is 10.8 Å². The molecule has 0 saturated heterocycles. The molecule has 3 N–H and O–H groups in total. The van der Waals surface area contributed by atoms with E-state index in [-0.39, 0.29) is 12.5 Å². The number of carboxylic acids is 1. The van der Waals surface area contributed by atoms with Crippen LogP contribution in [0.4, 0.5) is 0 Å². The molecule has 1 saturated carbocycles. The Bertz CT molecular complexity index is 332. The maximum absolute atomic E-state index is 11.1. The van der Waals surface area contributed by atoms with E-state index in [0.717, 1.165) is 12.8 Å². The van der Waals surface area contributed by atoms with Gasteiger partial charge in [-0.1, -0.05) is 0 Å². The molecule has 5 nitrogen and oxygen atoms in total. The van der Waals surface area contributed by atoms with Crippen molar-refractivity contribution in [3.8, 4) is 0 Å². The van der Waals surface area contributed by atoms with Gasteiger partial charge in [0.05, 0.1) is 6.54 Å². The number of nitrogens with zero attached hydrogens (tertiary/aromatic N) is 2. The Morgan fingerprint density at radius 2 is 2.43 bits per heavy atom. The van der Waals surface area contributed by atoms with E-state index in [2.05, 4.69) is 5.10 Å². The molecular weight excluding hydrogens is 182 g/mol. The van der Waals surface area contributed by atoms with Crippen molar-refractivity contribution in [1.82, 2.24) is 9.78 Å². The molecule has 1 fully saturated rings. The van der Waals surface area contributed by atoms with Crippen LogP contribution in [0.25, 0.3) is 0 Å². The summed E-state index contributed by atoms with van der Waals surface area (Å²) in [7, 11) is 0. The van der Waals surface area contributed by atoms with Crippen LogP contribution < -0.4 is 5.73 Å². The standard InChI is InChI=1S/C9H13N3O2/c10-9(8(13)14,7-2-3-7)6-12-5-1-4-11-12/h1,4-5,7H,2-3,6,10H2,(H,13,14). The number of rotatable bonds is 4. The summed E-state index contributed by atoms with van der Waals surface area (Å²) in [6.07, 6.45) is 5.16. The summed E-state index contributed by atoms with van der Waals surface area (Å²) in [4.78, 5) is 11.1. The zero-order chi connectivity index (χ0) is 10.2. The predicted molar refractivity (Wildman–Crippen MR) is 49.5 cm³/mol. The Balaban J connectivity index is 2.15. The minimum absolute atomic E-state index is 0.101. The van der Waals surface area contributed by atoms with Crippen LogP contribution in [0, 0.1) is 5.92 Å². The molecule has 1 aliphatic rings. The number of aliphatic carboxylic acids is 1. The lowest BCUT2D eigenvalue weighted by Crippen LogP contribution is -2.53. The van der Waals surface area contributed by atoms with Crippen LogP contribution in [0.3, 0.4) is 0 Å². The van der Waals surface area contributed by atoms with E-state index in [1.807, 2.05) is 0 Å². The molecule has 1 heterocycles. The van der Waals surface area contributed by atoms with E-state index < -0.39 is 11.5 Å². The van der Waals surface area contributed by atoms with Crippen molar-refractivity contribution in [2.45, 2.75) is 24.9 Å². The minimum Gasteiger partial charge on any atom is -0.480 e. The Morgan fingerprint density at radius 1 is 1.71 bits per heavy atom. The average Bonchev–Trinajstić information content (AvgIpc) is 2.87. The molecule has 0 amide bonds. The predicted octanol–water partition coefficient (Wildman–Crippen LogP) is 0.0752. The monoisotopic (exact) mass is 195 g/mol. The van der Waals surface area contributed by atoms with Crippen molar-refractivity contribution >= 4 is 5.97 Å². The summed E-state index contributed by atoms with van der Waals surface area (Å²) in [6, 6.07) is 1.76. The van der Waals surface area contributed by atoms with Crippen LogP contribution in [-0.2, 0) is 11.3 Å². The Kier molecular flexibility index (Phi) is 2.03. The second-order valence-electron chi connectivity index (χ2n) is 3.82. The van der Waals surface area contributed by atoms with E-state index in [1.54, 1.807) is 23.1 Å². The van der Waals surface area contributed by atoms with E-state index in [0.29, 0.717) is 0 Å². The number of hydrogen-bond acceptors (Lipinski definition) is 3. The van der Waals surface area contributed by atoms with Gasteiger partial charge in [0.1, 0.15) is 5.54 Å². The molecular formula is C9H13N3O2. The Morgan fingerprint density at radius 3 is 2.86 bits per heavy atom. The van der Waals surface area contributed by atoms with Crippen LogP contribution in [0.5, 0.6) is 0 Å². The van der Waals surface area contributed by atoms with Gasteiger partial charge in [-0.05, 0) is 24.8 Å². The van der Waals surface area contributed by atoms with Gasteiger partial charge in [-0.15, -0.1) is 0 Å². The fraction of sp³-hybridized carbons (Fsp3) is 0.556. The maximum atomic E-state index is 11.1. The number of nitrogens with two attached hydrogens (primary N) is 1. The normalized spacial score (nSPS) is 20.4. The largest absolute Gasteiger partial charge is 0.480 e. The second kappa shape index (κ2) is 3.09. The zero-order valence-electron chi connectivity index (χ0n) is 7.76. The van der Waals surface area contributed by atoms with Gasteiger partial charge >= 0.3 is 5.97 Å². The van der Waals surface area contributed by atoms with Crippen molar-refractivity contribution in [2.75, 3.05) is 0 Å². The molecule has 1 atom stereocenters. The minimum atomic E-state index is -1.15. The van der Waals surface area contributed by atoms with Gasteiger partial charge in [0.2, 0.25) is 0 Å². The van der Waals surface area contributed by atoms with Gasteiger partial charge in [0.15, 0.2) is 0 Å². The Labute approximate surface area is 81.5 Å². The van der Waals surface area contributed by atoms with Crippen LogP contribution in [0.1, 0.15) is 12.8 Å². The third-order valence-corrected chi connectivity index (χ3v) is 2.69. The quantitative estimate of drug-likeness (QED) is 0.712. The lowest BCUT2D eigenvalue weighted by atomic mass is 9.95. The molecule has 5 heteroatoms. The molecule has 14 heavy (non-hydrogen) atoms. The lowest BCUT2D eigenvalue weighted by Gasteiger charge is -2.24. The van der Waals surface area contributed by atoms with Gasteiger partial charge in [0, 0.05) is 12.4 Å². The first-order valence-electron chi connectivity index (χ1n) is 4.62. The molecule has 1 aromatic heterocycles. The first kappa shape index (κ1) is 9.21. The average molecular weight is 195 g/mol. The van der Waals surface area contributed by atoms with Gasteiger partial charge in [-0.3, -0.25) is 9.48 Å². The zero-order valence-corrected chi connectivity index (χ0v) is 7.76. The summed E-state index contributed by atoms with van der Waals surface area (Å²) >= 11 is 0. The highest BCUT2D eigenvalue weighted by Crippen LogP contribution is 2.39. The lowest BCUT2D eigenvalue weighted by molar-refractivity contribution is -0.145. The summed E-state index contributed by atoms with van der Waals surface area (Å²) < 4.78 is 1.58. The molecule has 0 aromatic carbocycles. The number of carboxylic acid groups (broad SMARTS) is 1. The molecule has 1 unspecified atom stereocenters. The molecule has 0 radical (unpaired) electrons. The van der Waals surface area contributed by atoms with E-state index >= 15 is 0 Å². The van der Waals surface area contributed by atoms with Crippen LogP contribution >= 0.6 is 0 Å². The van der Waals surface area contributed by atoms with Crippen LogP contribution in [0.2, 0.25) is 0 Å². The summed E-state index contributed by atoms with van der Waals surface area (Å²) in [5.74, 6) is -0.834. The second-order valence-corrected chi connectivity index (χ2v) is 3.82. The molecule has 0 bridgehead atoms. The SMILES string of the molecule is NC(Cn1cccn1)(C(=O)O)C1CC1. The number of carbonyl (C=O) groups is 1. The molecule has 0 spiro atoms. The fourth-order valence-electron chi connectivity index (χ4n) is 1.63. The van der Waals surface area contributed by atoms with Gasteiger partial charge in [-0.25, -0.2) is 0 Å². The molecule has 1 aliphatic carbocycles. The van der Waals surface area contributed by atoms with Gasteiger partial charge < -0.3 is 10.8 Å². The highest BCUT2D eigenvalue weighted by Gasteiger charge is 2.48. The smallest absolute Gasteiger partial charge is 0.325 e. The molecule has 2 rings (SSSR count). The topological polar surface area (TPSA) is 81.1 Å². The van der Waals surface area contributed by atoms with Crippen molar-refractivity contribution in [3.63, 3.8) is 0 Å². The van der Waals surface area contributed by atoms with Crippen molar-refractivity contribution in [2.24, 2.45) is 11.7 Å². The maximum Gasteiger partial charge on any atom is 0.325 e. The van der Waals surface area contributed by atoms with E-state index in [9.17, 15) is 4.79 Å². The fourth-order valence-corrected chi connectivity index (χ4v) is 1.63. The number of hydrogen-bond donors (Lipinski definition) is 2. The third-order valence-electron chi connectivity index (χ3n) is 2.69. The van der Waals surface area contributed by atoms with Crippen molar-refractivity contribution in [1.29, 1.82) is 0 Å². The van der Waals surface area contributed by atoms with Gasteiger partial charge in [-0.2, -0.15) is 5.10 Å². The van der Waals surface area contributed by atoms with Crippen LogP contribution in [-0.4, -0.2) is 26.4 Å². The molecule has 0 aliphatic heterocycles. The highest BCUT2D eigenvalue weighted by atomic mass is 16.4. The van der Waals surface area contributed by atoms with Crippen molar-refractivity contribution in [3.05, 3.63) is 18.5 Å².